The van der Waals surface area contributed by atoms with E-state index in [1.165, 1.54) is 0 Å². The summed E-state index contributed by atoms with van der Waals surface area (Å²) in [6.45, 7) is 5.46. The molecule has 1 aliphatic rings. The topological polar surface area (TPSA) is 70.6 Å². The van der Waals surface area contributed by atoms with Crippen molar-refractivity contribution in [1.82, 2.24) is 20.2 Å². The van der Waals surface area contributed by atoms with Gasteiger partial charge in [-0.15, -0.1) is 0 Å². The lowest BCUT2D eigenvalue weighted by atomic mass is 10.2. The SMILES string of the molecule is CCC(CC)NC(=O)N1CCC(Oc2cncc(N(C)C)n2)C1. The Labute approximate surface area is 138 Å². The number of likely N-dealkylation sites (tertiary alicyclic amines) is 1. The molecule has 0 aromatic carbocycles. The quantitative estimate of drug-likeness (QED) is 0.866. The highest BCUT2D eigenvalue weighted by Gasteiger charge is 2.28. The second-order valence-corrected chi connectivity index (χ2v) is 6.05. The van der Waals surface area contributed by atoms with Gasteiger partial charge < -0.3 is 19.9 Å². The van der Waals surface area contributed by atoms with E-state index < -0.39 is 0 Å². The summed E-state index contributed by atoms with van der Waals surface area (Å²) >= 11 is 0. The van der Waals surface area contributed by atoms with Crippen molar-refractivity contribution < 1.29 is 9.53 Å². The summed E-state index contributed by atoms with van der Waals surface area (Å²) in [5, 5.41) is 3.06. The predicted molar refractivity (Wildman–Crippen MR) is 89.9 cm³/mol. The van der Waals surface area contributed by atoms with E-state index in [0.29, 0.717) is 19.0 Å². The second kappa shape index (κ2) is 7.99. The average molecular weight is 321 g/mol. The molecule has 0 spiro atoms. The lowest BCUT2D eigenvalue weighted by Crippen LogP contribution is -2.44. The summed E-state index contributed by atoms with van der Waals surface area (Å²) in [5.74, 6) is 1.26. The van der Waals surface area contributed by atoms with Crippen molar-refractivity contribution in [3.8, 4) is 5.88 Å². The van der Waals surface area contributed by atoms with Gasteiger partial charge in [0.2, 0.25) is 5.88 Å². The molecule has 0 bridgehead atoms. The number of hydrogen-bond acceptors (Lipinski definition) is 5. The number of aromatic nitrogens is 2. The van der Waals surface area contributed by atoms with Gasteiger partial charge in [-0.2, -0.15) is 4.98 Å². The van der Waals surface area contributed by atoms with E-state index in [1.807, 2.05) is 23.9 Å². The first-order valence-electron chi connectivity index (χ1n) is 8.24. The summed E-state index contributed by atoms with van der Waals surface area (Å²) < 4.78 is 5.88. The van der Waals surface area contributed by atoms with Crippen LogP contribution in [0.15, 0.2) is 12.4 Å². The van der Waals surface area contributed by atoms with Gasteiger partial charge in [0.25, 0.3) is 0 Å². The minimum Gasteiger partial charge on any atom is -0.471 e. The number of amides is 2. The monoisotopic (exact) mass is 321 g/mol. The zero-order valence-electron chi connectivity index (χ0n) is 14.5. The fraction of sp³-hybridized carbons (Fsp3) is 0.688. The minimum atomic E-state index is -0.0332. The smallest absolute Gasteiger partial charge is 0.317 e. The van der Waals surface area contributed by atoms with Crippen LogP contribution in [0.2, 0.25) is 0 Å². The van der Waals surface area contributed by atoms with Gasteiger partial charge in [0, 0.05) is 33.1 Å². The van der Waals surface area contributed by atoms with Gasteiger partial charge >= 0.3 is 6.03 Å². The molecule has 7 nitrogen and oxygen atoms in total. The van der Waals surface area contributed by atoms with Crippen molar-refractivity contribution in [2.75, 3.05) is 32.1 Å². The van der Waals surface area contributed by atoms with Crippen LogP contribution in [0.25, 0.3) is 0 Å². The fourth-order valence-corrected chi connectivity index (χ4v) is 2.55. The van der Waals surface area contributed by atoms with Crippen LogP contribution in [-0.4, -0.2) is 60.2 Å². The lowest BCUT2D eigenvalue weighted by Gasteiger charge is -2.21. The Balaban J connectivity index is 1.88. The first kappa shape index (κ1) is 17.3. The van der Waals surface area contributed by atoms with Crippen molar-refractivity contribution in [3.63, 3.8) is 0 Å². The maximum absolute atomic E-state index is 12.2. The number of rotatable bonds is 6. The molecule has 1 unspecified atom stereocenters. The van der Waals surface area contributed by atoms with Crippen molar-refractivity contribution in [1.29, 1.82) is 0 Å². The molecule has 0 radical (unpaired) electrons. The van der Waals surface area contributed by atoms with Crippen molar-refractivity contribution >= 4 is 11.8 Å². The maximum Gasteiger partial charge on any atom is 0.317 e. The Hall–Kier alpha value is -2.05. The summed E-state index contributed by atoms with van der Waals surface area (Å²) in [4.78, 5) is 24.5. The molecule has 2 heterocycles. The molecule has 1 aromatic heterocycles. The van der Waals surface area contributed by atoms with Crippen LogP contribution in [0.4, 0.5) is 10.6 Å². The number of nitrogens with one attached hydrogen (secondary N) is 1. The van der Waals surface area contributed by atoms with Crippen molar-refractivity contribution in [3.05, 3.63) is 12.4 Å². The maximum atomic E-state index is 12.2. The van der Waals surface area contributed by atoms with Gasteiger partial charge in [-0.3, -0.25) is 4.98 Å². The fourth-order valence-electron chi connectivity index (χ4n) is 2.55. The molecule has 2 amide bonds. The number of nitrogens with zero attached hydrogens (tertiary/aromatic N) is 4. The normalized spacial score (nSPS) is 17.4. The molecule has 2 rings (SSSR count). The van der Waals surface area contributed by atoms with Gasteiger partial charge in [-0.1, -0.05) is 13.8 Å². The third kappa shape index (κ3) is 4.71. The highest BCUT2D eigenvalue weighted by atomic mass is 16.5. The molecule has 0 saturated carbocycles. The first-order chi connectivity index (χ1) is 11.0. The van der Waals surface area contributed by atoms with Gasteiger partial charge in [-0.05, 0) is 12.8 Å². The third-order valence-electron chi connectivity index (χ3n) is 4.09. The van der Waals surface area contributed by atoms with Crippen LogP contribution in [0.3, 0.4) is 0 Å². The van der Waals surface area contributed by atoms with Crippen LogP contribution < -0.4 is 15.0 Å². The predicted octanol–water partition coefficient (Wildman–Crippen LogP) is 1.89. The molecular weight excluding hydrogens is 294 g/mol. The molecule has 1 atom stereocenters. The summed E-state index contributed by atoms with van der Waals surface area (Å²) in [6.07, 6.45) is 5.97. The van der Waals surface area contributed by atoms with Crippen LogP contribution >= 0.6 is 0 Å². The van der Waals surface area contributed by atoms with Crippen LogP contribution in [-0.2, 0) is 0 Å². The molecule has 1 aromatic rings. The van der Waals surface area contributed by atoms with E-state index in [2.05, 4.69) is 29.1 Å². The van der Waals surface area contributed by atoms with Crippen molar-refractivity contribution in [2.45, 2.75) is 45.3 Å². The number of carbonyl (C=O) groups excluding carboxylic acids is 1. The Bertz CT molecular complexity index is 519. The summed E-state index contributed by atoms with van der Waals surface area (Å²) in [7, 11) is 3.82. The molecular formula is C16H27N5O2. The molecule has 23 heavy (non-hydrogen) atoms. The number of ether oxygens (including phenoxy) is 1. The van der Waals surface area contributed by atoms with Crippen LogP contribution in [0, 0.1) is 0 Å². The van der Waals surface area contributed by atoms with Gasteiger partial charge in [0.1, 0.15) is 6.10 Å². The Morgan fingerprint density at radius 2 is 2.17 bits per heavy atom. The number of carbonyl (C=O) groups is 1. The molecule has 1 saturated heterocycles. The van der Waals surface area contributed by atoms with Crippen molar-refractivity contribution in [2.24, 2.45) is 0 Å². The number of hydrogen-bond donors (Lipinski definition) is 1. The largest absolute Gasteiger partial charge is 0.471 e. The highest BCUT2D eigenvalue weighted by molar-refractivity contribution is 5.74. The Morgan fingerprint density at radius 3 is 2.83 bits per heavy atom. The van der Waals surface area contributed by atoms with E-state index in [9.17, 15) is 4.79 Å². The van der Waals surface area contributed by atoms with E-state index >= 15 is 0 Å². The van der Waals surface area contributed by atoms with E-state index in [0.717, 1.165) is 25.1 Å². The lowest BCUT2D eigenvalue weighted by molar-refractivity contribution is 0.180. The van der Waals surface area contributed by atoms with E-state index in [-0.39, 0.29) is 18.2 Å². The zero-order chi connectivity index (χ0) is 16.8. The summed E-state index contributed by atoms with van der Waals surface area (Å²) in [5.41, 5.74) is 0. The number of anilines is 1. The van der Waals surface area contributed by atoms with Gasteiger partial charge in [0.15, 0.2) is 5.82 Å². The third-order valence-corrected chi connectivity index (χ3v) is 4.09. The van der Waals surface area contributed by atoms with E-state index in [4.69, 9.17) is 4.74 Å². The first-order valence-corrected chi connectivity index (χ1v) is 8.24. The molecule has 1 aliphatic heterocycles. The summed E-state index contributed by atoms with van der Waals surface area (Å²) in [6, 6.07) is 0.239. The zero-order valence-corrected chi connectivity index (χ0v) is 14.5. The highest BCUT2D eigenvalue weighted by Crippen LogP contribution is 2.18. The molecule has 128 valence electrons. The Kier molecular flexibility index (Phi) is 6.01. The van der Waals surface area contributed by atoms with Gasteiger partial charge in [0.05, 0.1) is 18.9 Å². The molecule has 1 fully saturated rings. The molecule has 7 heteroatoms. The standard InChI is InChI=1S/C16H27N5O2/c1-5-12(6-2)18-16(22)21-8-7-13(11-21)23-15-10-17-9-14(19-15)20(3)4/h9-10,12-13H,5-8,11H2,1-4H3,(H,18,22). The Morgan fingerprint density at radius 1 is 1.43 bits per heavy atom. The minimum absolute atomic E-state index is 0.00192. The average Bonchev–Trinajstić information content (AvgIpc) is 3.01. The number of urea groups is 1. The van der Waals surface area contributed by atoms with Crippen LogP contribution in [0.1, 0.15) is 33.1 Å². The second-order valence-electron chi connectivity index (χ2n) is 6.05. The molecule has 0 aliphatic carbocycles. The van der Waals surface area contributed by atoms with E-state index in [1.54, 1.807) is 12.4 Å². The van der Waals surface area contributed by atoms with Gasteiger partial charge in [-0.25, -0.2) is 4.79 Å². The van der Waals surface area contributed by atoms with Crippen LogP contribution in [0.5, 0.6) is 5.88 Å². The molecule has 1 N–H and O–H groups in total.